The van der Waals surface area contributed by atoms with Crippen molar-refractivity contribution in [2.45, 2.75) is 41.5 Å². The van der Waals surface area contributed by atoms with Crippen LogP contribution in [0.2, 0.25) is 0 Å². The summed E-state index contributed by atoms with van der Waals surface area (Å²) in [4.78, 5) is 0. The molecule has 1 heteroatoms. The predicted molar refractivity (Wildman–Crippen MR) is 243 cm³/mol. The minimum absolute atomic E-state index is 1.28. The van der Waals surface area contributed by atoms with Crippen molar-refractivity contribution in [3.63, 3.8) is 0 Å². The van der Waals surface area contributed by atoms with Crippen LogP contribution in [0.5, 0.6) is 0 Å². The molecule has 0 bridgehead atoms. The Kier molecular flexibility index (Phi) is 13.3. The molecule has 0 radical (unpaired) electrons. The molecule has 0 aliphatic rings. The van der Waals surface area contributed by atoms with E-state index in [0.29, 0.717) is 0 Å². The van der Waals surface area contributed by atoms with Crippen LogP contribution in [0.1, 0.15) is 33.4 Å². The zero-order valence-corrected chi connectivity index (χ0v) is 33.7. The van der Waals surface area contributed by atoms with Gasteiger partial charge in [0.15, 0.2) is 0 Å². The van der Waals surface area contributed by atoms with Crippen molar-refractivity contribution in [3.05, 3.63) is 228 Å². The van der Waals surface area contributed by atoms with Gasteiger partial charge in [-0.15, -0.1) is 11.3 Å². The van der Waals surface area contributed by atoms with Gasteiger partial charge in [-0.1, -0.05) is 193 Å². The molecule has 1 aromatic heterocycles. The van der Waals surface area contributed by atoms with Crippen molar-refractivity contribution in [3.8, 4) is 33.4 Å². The Bertz CT molecular complexity index is 2550. The second kappa shape index (κ2) is 18.8. The van der Waals surface area contributed by atoms with Crippen LogP contribution in [0.15, 0.2) is 194 Å². The summed E-state index contributed by atoms with van der Waals surface area (Å²) in [5, 5.41) is 2.78. The molecule has 0 aliphatic carbocycles. The normalized spacial score (nSPS) is 10.4. The number of benzene rings is 8. The molecule has 0 unspecified atom stereocenters. The van der Waals surface area contributed by atoms with Gasteiger partial charge in [-0.05, 0) is 110 Å². The maximum Gasteiger partial charge on any atom is 0.0355 e. The number of fused-ring (bicyclic) bond motifs is 3. The average Bonchev–Trinajstić information content (AvgIpc) is 3.58. The molecule has 0 aliphatic heterocycles. The van der Waals surface area contributed by atoms with Crippen molar-refractivity contribution in [2.24, 2.45) is 0 Å². The van der Waals surface area contributed by atoms with Crippen molar-refractivity contribution in [1.82, 2.24) is 0 Å². The van der Waals surface area contributed by atoms with Crippen molar-refractivity contribution in [1.29, 1.82) is 0 Å². The molecule has 0 spiro atoms. The summed E-state index contributed by atoms with van der Waals surface area (Å²) < 4.78 is 2.77. The van der Waals surface area contributed by atoms with Crippen LogP contribution < -0.4 is 0 Å². The summed E-state index contributed by atoms with van der Waals surface area (Å²) in [5.74, 6) is 0. The smallest absolute Gasteiger partial charge is 0.0355 e. The highest BCUT2D eigenvalue weighted by Gasteiger charge is 2.04. The molecule has 9 rings (SSSR count). The minimum Gasteiger partial charge on any atom is -0.135 e. The van der Waals surface area contributed by atoms with Crippen LogP contribution in [-0.2, 0) is 0 Å². The van der Waals surface area contributed by atoms with E-state index in [1.807, 2.05) is 17.4 Å². The number of aryl methyl sites for hydroxylation is 6. The van der Waals surface area contributed by atoms with E-state index in [-0.39, 0.29) is 0 Å². The van der Waals surface area contributed by atoms with Crippen molar-refractivity contribution < 1.29 is 0 Å². The highest BCUT2D eigenvalue weighted by Crippen LogP contribution is 2.34. The highest BCUT2D eigenvalue weighted by atomic mass is 32.1. The van der Waals surface area contributed by atoms with Crippen molar-refractivity contribution in [2.75, 3.05) is 0 Å². The maximum absolute atomic E-state index is 2.27. The average molecular weight is 731 g/mol. The molecule has 0 amide bonds. The third kappa shape index (κ3) is 10.4. The SMILES string of the molecule is Cc1ccc(-c2ccccc2C)cc1.Cc1ccc2sc3ccccc3c2c1.Cc1cccc(-c2ccccc2)c1.Cc1ccccc1-c1ccccc1C. The third-order valence-electron chi connectivity index (χ3n) is 9.75. The summed E-state index contributed by atoms with van der Waals surface area (Å²) in [6, 6.07) is 68.4. The molecule has 0 saturated carbocycles. The van der Waals surface area contributed by atoms with Crippen LogP contribution in [0.25, 0.3) is 53.6 Å². The second-order valence-corrected chi connectivity index (χ2v) is 15.2. The van der Waals surface area contributed by atoms with Gasteiger partial charge in [-0.3, -0.25) is 0 Å². The fourth-order valence-electron chi connectivity index (χ4n) is 6.68. The standard InChI is InChI=1S/2C14H14.C13H10S.C13H12/c1-11-7-3-5-9-13(11)14-10-6-4-8-12(14)2;1-11-7-9-13(10-8-11)14-6-4-3-5-12(14)2;1-9-6-7-13-11(8-9)10-4-2-3-5-12(10)14-13;1-11-6-5-9-13(10-11)12-7-3-2-4-8-12/h2*3-10H,1-2H3;2-8H,1H3;2-10H,1H3. The lowest BCUT2D eigenvalue weighted by atomic mass is 9.97. The summed E-state index contributed by atoms with van der Waals surface area (Å²) >= 11 is 1.87. The Morgan fingerprint density at radius 3 is 1.35 bits per heavy atom. The molecular formula is C54H50S. The first kappa shape index (κ1) is 38.7. The molecule has 272 valence electrons. The monoisotopic (exact) mass is 730 g/mol. The van der Waals surface area contributed by atoms with Gasteiger partial charge in [-0.25, -0.2) is 0 Å². The lowest BCUT2D eigenvalue weighted by Crippen LogP contribution is -1.85. The Morgan fingerprint density at radius 2 is 0.745 bits per heavy atom. The lowest BCUT2D eigenvalue weighted by molar-refractivity contribution is 1.41. The third-order valence-corrected chi connectivity index (χ3v) is 10.9. The topological polar surface area (TPSA) is 0 Å². The Labute approximate surface area is 332 Å². The van der Waals surface area contributed by atoms with Gasteiger partial charge >= 0.3 is 0 Å². The predicted octanol–water partition coefficient (Wildman–Crippen LogP) is 16.0. The van der Waals surface area contributed by atoms with E-state index in [2.05, 4.69) is 230 Å². The molecular weight excluding hydrogens is 681 g/mol. The number of hydrogen-bond donors (Lipinski definition) is 0. The van der Waals surface area contributed by atoms with Crippen LogP contribution in [0.4, 0.5) is 0 Å². The van der Waals surface area contributed by atoms with Crippen LogP contribution in [-0.4, -0.2) is 0 Å². The Morgan fingerprint density at radius 1 is 0.273 bits per heavy atom. The second-order valence-electron chi connectivity index (χ2n) is 14.1. The van der Waals surface area contributed by atoms with Gasteiger partial charge in [0.05, 0.1) is 0 Å². The molecule has 9 aromatic rings. The van der Waals surface area contributed by atoms with Crippen LogP contribution in [0.3, 0.4) is 0 Å². The largest absolute Gasteiger partial charge is 0.135 e. The van der Waals surface area contributed by atoms with Crippen molar-refractivity contribution >= 4 is 31.5 Å². The van der Waals surface area contributed by atoms with Gasteiger partial charge < -0.3 is 0 Å². The van der Waals surface area contributed by atoms with Gasteiger partial charge in [0.25, 0.3) is 0 Å². The summed E-state index contributed by atoms with van der Waals surface area (Å²) in [6.45, 7) is 12.8. The summed E-state index contributed by atoms with van der Waals surface area (Å²) in [6.07, 6.45) is 0. The van der Waals surface area contributed by atoms with E-state index in [4.69, 9.17) is 0 Å². The van der Waals surface area contributed by atoms with E-state index in [9.17, 15) is 0 Å². The number of thiophene rings is 1. The molecule has 55 heavy (non-hydrogen) atoms. The molecule has 8 aromatic carbocycles. The zero-order valence-electron chi connectivity index (χ0n) is 32.9. The van der Waals surface area contributed by atoms with Gasteiger partial charge in [0, 0.05) is 20.2 Å². The molecule has 1 heterocycles. The minimum atomic E-state index is 1.28. The van der Waals surface area contributed by atoms with Gasteiger partial charge in [-0.2, -0.15) is 0 Å². The molecule has 0 atom stereocenters. The van der Waals surface area contributed by atoms with E-state index < -0.39 is 0 Å². The first-order valence-electron chi connectivity index (χ1n) is 19.0. The fourth-order valence-corrected chi connectivity index (χ4v) is 7.76. The van der Waals surface area contributed by atoms with E-state index in [1.165, 1.54) is 86.9 Å². The first-order valence-corrected chi connectivity index (χ1v) is 19.8. The van der Waals surface area contributed by atoms with Crippen LogP contribution >= 0.6 is 11.3 Å². The van der Waals surface area contributed by atoms with E-state index >= 15 is 0 Å². The van der Waals surface area contributed by atoms with E-state index in [0.717, 1.165) is 0 Å². The molecule has 0 N–H and O–H groups in total. The fraction of sp³-hybridized carbons (Fsp3) is 0.111. The maximum atomic E-state index is 2.27. The van der Waals surface area contributed by atoms with Gasteiger partial charge in [0.1, 0.15) is 0 Å². The lowest BCUT2D eigenvalue weighted by Gasteiger charge is -2.08. The first-order chi connectivity index (χ1) is 26.8. The van der Waals surface area contributed by atoms with Crippen LogP contribution in [0, 0.1) is 41.5 Å². The summed E-state index contributed by atoms with van der Waals surface area (Å²) in [7, 11) is 0. The van der Waals surface area contributed by atoms with E-state index in [1.54, 1.807) is 0 Å². The molecule has 0 fully saturated rings. The van der Waals surface area contributed by atoms with Gasteiger partial charge in [0.2, 0.25) is 0 Å². The Hall–Kier alpha value is -6.02. The summed E-state index contributed by atoms with van der Waals surface area (Å²) in [5.41, 5.74) is 15.8. The molecule has 0 nitrogen and oxygen atoms in total. The number of hydrogen-bond acceptors (Lipinski definition) is 1. The highest BCUT2D eigenvalue weighted by molar-refractivity contribution is 7.25. The Balaban J connectivity index is 0.000000125. The number of rotatable bonds is 3. The quantitative estimate of drug-likeness (QED) is 0.170. The molecule has 0 saturated heterocycles. The zero-order chi connectivity index (χ0) is 38.6.